The molecule has 6 nitrogen and oxygen atoms in total. The first-order chi connectivity index (χ1) is 13.7. The van der Waals surface area contributed by atoms with Crippen LogP contribution in [-0.4, -0.2) is 52.0 Å². The highest BCUT2D eigenvalue weighted by Gasteiger charge is 2.09. The van der Waals surface area contributed by atoms with Gasteiger partial charge in [0, 0.05) is 17.7 Å². The fourth-order valence-corrected chi connectivity index (χ4v) is 2.32. The van der Waals surface area contributed by atoms with Gasteiger partial charge in [-0.15, -0.1) is 6.42 Å². The van der Waals surface area contributed by atoms with Gasteiger partial charge in [-0.05, 0) is 48.5 Å². The number of benzene rings is 2. The molecule has 0 unspecified atom stereocenters. The first kappa shape index (κ1) is 21.5. The van der Waals surface area contributed by atoms with Crippen LogP contribution in [-0.2, 0) is 9.47 Å². The number of carbonyl (C=O) groups excluding carboxylic acids is 1. The van der Waals surface area contributed by atoms with Crippen LogP contribution in [0.1, 0.15) is 15.9 Å². The predicted molar refractivity (Wildman–Crippen MR) is 107 cm³/mol. The molecule has 2 aromatic rings. The molecular weight excluding hydrogens is 358 g/mol. The molecule has 0 saturated heterocycles. The molecule has 2 aromatic carbocycles. The highest BCUT2D eigenvalue weighted by Crippen LogP contribution is 2.18. The zero-order valence-electron chi connectivity index (χ0n) is 15.8. The van der Waals surface area contributed by atoms with E-state index >= 15 is 0 Å². The summed E-state index contributed by atoms with van der Waals surface area (Å²) in [6, 6.07) is 13.9. The Hall–Kier alpha value is -2.85. The SMILES string of the molecule is C#CCOc1ccc(C(=O)c2ccc(OCCOCCOCCN)cc2)cc1. The molecule has 0 bridgehead atoms. The summed E-state index contributed by atoms with van der Waals surface area (Å²) in [4.78, 5) is 12.5. The maximum Gasteiger partial charge on any atom is 0.193 e. The summed E-state index contributed by atoms with van der Waals surface area (Å²) < 4.78 is 21.5. The molecule has 0 saturated carbocycles. The minimum Gasteiger partial charge on any atom is -0.491 e. The number of ether oxygens (including phenoxy) is 4. The molecule has 0 amide bonds. The van der Waals surface area contributed by atoms with Gasteiger partial charge in [-0.25, -0.2) is 0 Å². The lowest BCUT2D eigenvalue weighted by Crippen LogP contribution is -2.14. The molecule has 2 rings (SSSR count). The van der Waals surface area contributed by atoms with Gasteiger partial charge in [0.2, 0.25) is 0 Å². The Morgan fingerprint density at radius 2 is 1.29 bits per heavy atom. The van der Waals surface area contributed by atoms with Crippen molar-refractivity contribution < 1.29 is 23.7 Å². The van der Waals surface area contributed by atoms with Crippen LogP contribution in [0.15, 0.2) is 48.5 Å². The third kappa shape index (κ3) is 7.41. The fourth-order valence-electron chi connectivity index (χ4n) is 2.32. The van der Waals surface area contributed by atoms with Crippen molar-refractivity contribution >= 4 is 5.78 Å². The molecule has 2 N–H and O–H groups in total. The molecule has 0 spiro atoms. The van der Waals surface area contributed by atoms with Gasteiger partial charge in [0.15, 0.2) is 5.78 Å². The average Bonchev–Trinajstić information content (AvgIpc) is 2.74. The Labute approximate surface area is 165 Å². The number of nitrogens with two attached hydrogens (primary N) is 1. The molecule has 0 atom stereocenters. The minimum absolute atomic E-state index is 0.0733. The van der Waals surface area contributed by atoms with E-state index in [-0.39, 0.29) is 12.4 Å². The van der Waals surface area contributed by atoms with Crippen LogP contribution in [0.2, 0.25) is 0 Å². The van der Waals surface area contributed by atoms with Crippen LogP contribution in [0.5, 0.6) is 11.5 Å². The smallest absolute Gasteiger partial charge is 0.193 e. The number of ketones is 1. The molecule has 0 aromatic heterocycles. The summed E-state index contributed by atoms with van der Waals surface area (Å²) >= 11 is 0. The molecule has 28 heavy (non-hydrogen) atoms. The highest BCUT2D eigenvalue weighted by molar-refractivity contribution is 6.09. The van der Waals surface area contributed by atoms with E-state index in [1.807, 2.05) is 0 Å². The molecular formula is C22H25NO5. The van der Waals surface area contributed by atoms with Gasteiger partial charge < -0.3 is 24.7 Å². The van der Waals surface area contributed by atoms with Gasteiger partial charge in [0.05, 0.1) is 26.4 Å². The van der Waals surface area contributed by atoms with Crippen LogP contribution in [0.25, 0.3) is 0 Å². The zero-order chi connectivity index (χ0) is 20.0. The molecule has 0 aliphatic carbocycles. The van der Waals surface area contributed by atoms with Gasteiger partial charge in [0.1, 0.15) is 24.7 Å². The van der Waals surface area contributed by atoms with Gasteiger partial charge in [0.25, 0.3) is 0 Å². The second kappa shape index (κ2) is 12.5. The van der Waals surface area contributed by atoms with Crippen LogP contribution in [0.4, 0.5) is 0 Å². The second-order valence-corrected chi connectivity index (χ2v) is 5.73. The molecule has 6 heteroatoms. The van der Waals surface area contributed by atoms with Crippen molar-refractivity contribution in [3.63, 3.8) is 0 Å². The van der Waals surface area contributed by atoms with Gasteiger partial charge in [-0.1, -0.05) is 5.92 Å². The largest absolute Gasteiger partial charge is 0.491 e. The lowest BCUT2D eigenvalue weighted by molar-refractivity contribution is 0.0388. The molecule has 148 valence electrons. The molecule has 0 fully saturated rings. The highest BCUT2D eigenvalue weighted by atomic mass is 16.5. The van der Waals surface area contributed by atoms with E-state index in [9.17, 15) is 4.79 Å². The monoisotopic (exact) mass is 383 g/mol. The standard InChI is InChI=1S/C22H25NO5/c1-2-12-27-20-7-3-18(4-8-20)22(24)19-5-9-21(10-6-19)28-17-16-26-15-14-25-13-11-23/h1,3-10H,11-17,23H2. The summed E-state index contributed by atoms with van der Waals surface area (Å²) in [7, 11) is 0. The van der Waals surface area contributed by atoms with Crippen LogP contribution in [0.3, 0.4) is 0 Å². The molecule has 0 aliphatic rings. The van der Waals surface area contributed by atoms with Gasteiger partial charge >= 0.3 is 0 Å². The Morgan fingerprint density at radius 3 is 1.82 bits per heavy atom. The van der Waals surface area contributed by atoms with Crippen LogP contribution >= 0.6 is 0 Å². The van der Waals surface area contributed by atoms with E-state index < -0.39 is 0 Å². The average molecular weight is 383 g/mol. The first-order valence-corrected chi connectivity index (χ1v) is 9.04. The maximum atomic E-state index is 12.5. The van der Waals surface area contributed by atoms with E-state index in [1.54, 1.807) is 48.5 Å². The van der Waals surface area contributed by atoms with E-state index in [0.717, 1.165) is 0 Å². The van der Waals surface area contributed by atoms with E-state index in [1.165, 1.54) is 0 Å². The van der Waals surface area contributed by atoms with Crippen molar-refractivity contribution in [1.29, 1.82) is 0 Å². The predicted octanol–water partition coefficient (Wildman–Crippen LogP) is 2.30. The van der Waals surface area contributed by atoms with Gasteiger partial charge in [-0.2, -0.15) is 0 Å². The Kier molecular flexibility index (Phi) is 9.59. The summed E-state index contributed by atoms with van der Waals surface area (Å²) in [6.45, 7) is 3.14. The fraction of sp³-hybridized carbons (Fsp3) is 0.318. The Balaban J connectivity index is 1.75. The summed E-state index contributed by atoms with van der Waals surface area (Å²) in [5.41, 5.74) is 6.48. The van der Waals surface area contributed by atoms with E-state index in [0.29, 0.717) is 62.2 Å². The van der Waals surface area contributed by atoms with Crippen molar-refractivity contribution in [2.75, 3.05) is 46.2 Å². The molecule has 0 aliphatic heterocycles. The Morgan fingerprint density at radius 1 is 0.786 bits per heavy atom. The van der Waals surface area contributed by atoms with E-state index in [4.69, 9.17) is 31.1 Å². The lowest BCUT2D eigenvalue weighted by Gasteiger charge is -2.08. The lowest BCUT2D eigenvalue weighted by atomic mass is 10.0. The minimum atomic E-state index is -0.0733. The summed E-state index contributed by atoms with van der Waals surface area (Å²) in [6.07, 6.45) is 5.16. The van der Waals surface area contributed by atoms with Crippen LogP contribution in [0, 0.1) is 12.3 Å². The summed E-state index contributed by atoms with van der Waals surface area (Å²) in [5.74, 6) is 3.63. The van der Waals surface area contributed by atoms with Crippen molar-refractivity contribution in [3.05, 3.63) is 59.7 Å². The third-order valence-electron chi connectivity index (χ3n) is 3.69. The number of terminal acetylenes is 1. The van der Waals surface area contributed by atoms with Crippen molar-refractivity contribution in [2.45, 2.75) is 0 Å². The van der Waals surface area contributed by atoms with E-state index in [2.05, 4.69) is 5.92 Å². The normalized spacial score (nSPS) is 10.3. The number of hydrogen-bond donors (Lipinski definition) is 1. The Bertz CT molecular complexity index is 750. The second-order valence-electron chi connectivity index (χ2n) is 5.73. The topological polar surface area (TPSA) is 80.0 Å². The molecule has 0 radical (unpaired) electrons. The number of rotatable bonds is 13. The van der Waals surface area contributed by atoms with Gasteiger partial charge in [-0.3, -0.25) is 4.79 Å². The first-order valence-electron chi connectivity index (χ1n) is 9.04. The molecule has 0 heterocycles. The van der Waals surface area contributed by atoms with Crippen molar-refractivity contribution in [1.82, 2.24) is 0 Å². The zero-order valence-corrected chi connectivity index (χ0v) is 15.8. The maximum absolute atomic E-state index is 12.5. The van der Waals surface area contributed by atoms with Crippen molar-refractivity contribution in [2.24, 2.45) is 5.73 Å². The quantitative estimate of drug-likeness (QED) is 0.325. The number of hydrogen-bond acceptors (Lipinski definition) is 6. The third-order valence-corrected chi connectivity index (χ3v) is 3.69. The van der Waals surface area contributed by atoms with Crippen LogP contribution < -0.4 is 15.2 Å². The summed E-state index contributed by atoms with van der Waals surface area (Å²) in [5, 5.41) is 0. The van der Waals surface area contributed by atoms with Crippen molar-refractivity contribution in [3.8, 4) is 23.8 Å². The number of carbonyl (C=O) groups is 1.